The van der Waals surface area contributed by atoms with E-state index in [-0.39, 0.29) is 35.8 Å². The summed E-state index contributed by atoms with van der Waals surface area (Å²) in [5.74, 6) is 2.14. The van der Waals surface area contributed by atoms with Crippen LogP contribution in [0, 0.1) is 5.92 Å². The zero-order chi connectivity index (χ0) is 30.3. The SMILES string of the molecule is C=CC(=O)N1CC[C@H]1c1ccc(N2C[C@H](CS(C)(=O)=O)[C@H]2C)c2cnc(Nc3ccnc(N4CCC(OC)CC4)n3)cc12. The molecule has 3 fully saturated rings. The topological polar surface area (TPSA) is 121 Å². The van der Waals surface area contributed by atoms with Gasteiger partial charge in [0.05, 0.1) is 17.9 Å². The van der Waals surface area contributed by atoms with Crippen molar-refractivity contribution in [2.24, 2.45) is 5.92 Å². The number of benzene rings is 1. The summed E-state index contributed by atoms with van der Waals surface area (Å²) >= 11 is 0. The third-order valence-electron chi connectivity index (χ3n) is 9.14. The average Bonchev–Trinajstić information content (AvgIpc) is 2.98. The highest BCUT2D eigenvalue weighted by molar-refractivity contribution is 7.90. The zero-order valence-electron chi connectivity index (χ0n) is 24.9. The highest BCUT2D eigenvalue weighted by Crippen LogP contribution is 2.43. The van der Waals surface area contributed by atoms with Crippen molar-refractivity contribution in [3.05, 3.63) is 54.9 Å². The summed E-state index contributed by atoms with van der Waals surface area (Å²) < 4.78 is 29.4. The van der Waals surface area contributed by atoms with Crippen LogP contribution in [-0.2, 0) is 19.4 Å². The minimum Gasteiger partial charge on any atom is -0.381 e. The monoisotopic (exact) mass is 605 g/mol. The van der Waals surface area contributed by atoms with Gasteiger partial charge in [0, 0.05) is 75.0 Å². The molecule has 2 aromatic heterocycles. The summed E-state index contributed by atoms with van der Waals surface area (Å²) in [5.41, 5.74) is 2.07. The molecule has 43 heavy (non-hydrogen) atoms. The van der Waals surface area contributed by atoms with Crippen molar-refractivity contribution in [3.8, 4) is 0 Å². The second-order valence-electron chi connectivity index (χ2n) is 11.9. The van der Waals surface area contributed by atoms with E-state index in [4.69, 9.17) is 14.7 Å². The fourth-order valence-electron chi connectivity index (χ4n) is 6.53. The van der Waals surface area contributed by atoms with Crippen LogP contribution in [0.4, 0.5) is 23.3 Å². The Hall–Kier alpha value is -3.77. The molecule has 1 N–H and O–H groups in total. The maximum atomic E-state index is 12.5. The molecule has 1 amide bonds. The van der Waals surface area contributed by atoms with Crippen LogP contribution < -0.4 is 15.1 Å². The van der Waals surface area contributed by atoms with Crippen LogP contribution in [0.2, 0.25) is 0 Å². The van der Waals surface area contributed by atoms with Gasteiger partial charge < -0.3 is 24.8 Å². The Kier molecular flexibility index (Phi) is 7.99. The molecule has 0 aliphatic carbocycles. The van der Waals surface area contributed by atoms with E-state index in [9.17, 15) is 13.2 Å². The maximum absolute atomic E-state index is 12.5. The number of fused-ring (bicyclic) bond motifs is 1. The van der Waals surface area contributed by atoms with E-state index in [2.05, 4.69) is 45.7 Å². The molecule has 0 bridgehead atoms. The van der Waals surface area contributed by atoms with E-state index in [0.717, 1.165) is 54.4 Å². The highest BCUT2D eigenvalue weighted by atomic mass is 32.2. The van der Waals surface area contributed by atoms with E-state index in [1.807, 2.05) is 23.2 Å². The van der Waals surface area contributed by atoms with Crippen LogP contribution in [0.1, 0.15) is 37.8 Å². The number of nitrogens with one attached hydrogen (secondary N) is 1. The zero-order valence-corrected chi connectivity index (χ0v) is 25.8. The Morgan fingerprint density at radius 3 is 2.56 bits per heavy atom. The second-order valence-corrected chi connectivity index (χ2v) is 14.0. The molecule has 228 valence electrons. The molecule has 3 saturated heterocycles. The van der Waals surface area contributed by atoms with Gasteiger partial charge in [0.15, 0.2) is 0 Å². The average molecular weight is 606 g/mol. The van der Waals surface area contributed by atoms with Gasteiger partial charge in [-0.05, 0) is 61.4 Å². The Labute approximate surface area is 252 Å². The number of anilines is 4. The number of likely N-dealkylation sites (tertiary alicyclic amines) is 1. The van der Waals surface area contributed by atoms with Gasteiger partial charge in [-0.25, -0.2) is 18.4 Å². The van der Waals surface area contributed by atoms with Gasteiger partial charge in [0.25, 0.3) is 0 Å². The third kappa shape index (κ3) is 5.90. The first-order valence-corrected chi connectivity index (χ1v) is 16.9. The van der Waals surface area contributed by atoms with Gasteiger partial charge in [-0.3, -0.25) is 4.79 Å². The van der Waals surface area contributed by atoms with Crippen molar-refractivity contribution in [1.82, 2.24) is 19.9 Å². The van der Waals surface area contributed by atoms with Gasteiger partial charge in [-0.1, -0.05) is 12.6 Å². The molecule has 0 saturated carbocycles. The number of rotatable bonds is 9. The number of carbonyl (C=O) groups excluding carboxylic acids is 1. The van der Waals surface area contributed by atoms with E-state index in [1.54, 1.807) is 13.3 Å². The largest absolute Gasteiger partial charge is 0.381 e. The third-order valence-corrected chi connectivity index (χ3v) is 10.2. The van der Waals surface area contributed by atoms with Gasteiger partial charge >= 0.3 is 0 Å². The van der Waals surface area contributed by atoms with Crippen molar-refractivity contribution in [1.29, 1.82) is 0 Å². The predicted molar refractivity (Wildman–Crippen MR) is 169 cm³/mol. The lowest BCUT2D eigenvalue weighted by Crippen LogP contribution is -2.57. The van der Waals surface area contributed by atoms with Crippen molar-refractivity contribution in [2.45, 2.75) is 44.4 Å². The van der Waals surface area contributed by atoms with Crippen LogP contribution in [0.3, 0.4) is 0 Å². The standard InChI is InChI=1S/C31H39N7O4S/c1-5-30(39)37-15-11-27(37)23-6-7-26(38-18-21(20(38)2)19-43(4,40)41)25-17-33-29(16-24(23)25)34-28-8-12-32-31(35-28)36-13-9-22(42-3)10-14-36/h5-8,12,16-17,20-22,27H,1,9-11,13-15,18-19H2,2-4H3,(H,32,33,34,35)/t20-,21-,27+/m1/s1. The summed E-state index contributed by atoms with van der Waals surface area (Å²) in [6.45, 7) is 8.78. The van der Waals surface area contributed by atoms with Gasteiger partial charge in [0.2, 0.25) is 11.9 Å². The Morgan fingerprint density at radius 2 is 1.91 bits per heavy atom. The first-order valence-electron chi connectivity index (χ1n) is 14.8. The molecule has 1 aromatic carbocycles. The van der Waals surface area contributed by atoms with E-state index in [1.165, 1.54) is 12.3 Å². The van der Waals surface area contributed by atoms with E-state index >= 15 is 0 Å². The summed E-state index contributed by atoms with van der Waals surface area (Å²) in [4.78, 5) is 32.8. The van der Waals surface area contributed by atoms with Crippen LogP contribution >= 0.6 is 0 Å². The number of hydrogen-bond donors (Lipinski definition) is 1. The fourth-order valence-corrected chi connectivity index (χ4v) is 7.69. The molecule has 3 aliphatic heterocycles. The molecule has 3 aliphatic rings. The van der Waals surface area contributed by atoms with Gasteiger partial charge in [0.1, 0.15) is 21.5 Å². The van der Waals surface area contributed by atoms with Crippen molar-refractivity contribution >= 4 is 49.8 Å². The quantitative estimate of drug-likeness (QED) is 0.362. The summed E-state index contributed by atoms with van der Waals surface area (Å²) in [5, 5.41) is 5.33. The molecule has 0 spiro atoms. The van der Waals surface area contributed by atoms with Crippen LogP contribution in [0.25, 0.3) is 10.8 Å². The van der Waals surface area contributed by atoms with E-state index in [0.29, 0.717) is 30.7 Å². The molecular weight excluding hydrogens is 566 g/mol. The molecule has 3 atom stereocenters. The molecular formula is C31H39N7O4S. The number of sulfone groups is 1. The van der Waals surface area contributed by atoms with E-state index < -0.39 is 9.84 Å². The van der Waals surface area contributed by atoms with Crippen LogP contribution in [-0.4, -0.2) is 91.6 Å². The van der Waals surface area contributed by atoms with Crippen molar-refractivity contribution in [2.75, 3.05) is 60.4 Å². The molecule has 6 rings (SSSR count). The van der Waals surface area contributed by atoms with Crippen molar-refractivity contribution < 1.29 is 17.9 Å². The van der Waals surface area contributed by atoms with Crippen molar-refractivity contribution in [3.63, 3.8) is 0 Å². The summed E-state index contributed by atoms with van der Waals surface area (Å²) in [6.07, 6.45) is 9.29. The number of nitrogens with zero attached hydrogens (tertiary/aromatic N) is 6. The summed E-state index contributed by atoms with van der Waals surface area (Å²) in [7, 11) is -1.30. The minimum atomic E-state index is -3.06. The lowest BCUT2D eigenvalue weighted by Gasteiger charge is -2.48. The summed E-state index contributed by atoms with van der Waals surface area (Å²) in [6, 6.07) is 8.06. The van der Waals surface area contributed by atoms with Crippen LogP contribution in [0.5, 0.6) is 0 Å². The molecule has 5 heterocycles. The molecule has 0 unspecified atom stereocenters. The predicted octanol–water partition coefficient (Wildman–Crippen LogP) is 3.71. The number of carbonyl (C=O) groups is 1. The number of ether oxygens (including phenoxy) is 1. The van der Waals surface area contributed by atoms with Gasteiger partial charge in [-0.2, -0.15) is 4.98 Å². The highest BCUT2D eigenvalue weighted by Gasteiger charge is 2.39. The van der Waals surface area contributed by atoms with Crippen LogP contribution in [0.15, 0.2) is 49.3 Å². The smallest absolute Gasteiger partial charge is 0.246 e. The lowest BCUT2D eigenvalue weighted by atomic mass is 9.87. The fraction of sp³-hybridized carbons (Fsp3) is 0.484. The molecule has 11 nitrogen and oxygen atoms in total. The second kappa shape index (κ2) is 11.7. The number of amides is 1. The first kappa shape index (κ1) is 29.3. The maximum Gasteiger partial charge on any atom is 0.246 e. The molecule has 3 aromatic rings. The normalized spacial score (nSPS) is 22.7. The molecule has 12 heteroatoms. The van der Waals surface area contributed by atoms with Gasteiger partial charge in [-0.15, -0.1) is 0 Å². The number of piperidine rings is 1. The number of methoxy groups -OCH3 is 1. The molecule has 0 radical (unpaired) electrons. The number of pyridine rings is 1. The number of hydrogen-bond acceptors (Lipinski definition) is 10. The lowest BCUT2D eigenvalue weighted by molar-refractivity contribution is -0.133. The Morgan fingerprint density at radius 1 is 1.12 bits per heavy atom. The Bertz CT molecular complexity index is 1640. The Balaban J connectivity index is 1.31. The minimum absolute atomic E-state index is 0.0511. The first-order chi connectivity index (χ1) is 20.6. The number of aromatic nitrogens is 3.